The third-order valence-electron chi connectivity index (χ3n) is 7.43. The number of alkyl carbamates (subject to hydrolysis) is 1. The SMILES string of the molecule is O=C(NC1CC=C(C(=O)N[C@H]2CCC[C@@H](C(=O)O)C2)C1)OCC1c2ccccc2-c2ccccc21. The number of aliphatic carboxylic acids is 1. The number of carbonyl (C=O) groups excluding carboxylic acids is 2. The Bertz CT molecular complexity index is 1130. The Hall–Kier alpha value is -3.61. The molecule has 0 saturated heterocycles. The zero-order valence-corrected chi connectivity index (χ0v) is 19.5. The second kappa shape index (κ2) is 9.94. The highest BCUT2D eigenvalue weighted by molar-refractivity contribution is 5.94. The molecule has 1 fully saturated rings. The molecule has 0 spiro atoms. The third kappa shape index (κ3) is 4.94. The van der Waals surface area contributed by atoms with Crippen LogP contribution in [0.1, 0.15) is 55.6 Å². The number of carboxylic acid groups (broad SMARTS) is 1. The lowest BCUT2D eigenvalue weighted by Crippen LogP contribution is -2.41. The van der Waals surface area contributed by atoms with Crippen LogP contribution in [0.5, 0.6) is 0 Å². The van der Waals surface area contributed by atoms with Gasteiger partial charge in [0.1, 0.15) is 6.61 Å². The van der Waals surface area contributed by atoms with Gasteiger partial charge in [0.15, 0.2) is 0 Å². The monoisotopic (exact) mass is 474 g/mol. The fourth-order valence-corrected chi connectivity index (χ4v) is 5.64. The number of hydrogen-bond donors (Lipinski definition) is 3. The summed E-state index contributed by atoms with van der Waals surface area (Å²) in [5.74, 6) is -1.36. The fourth-order valence-electron chi connectivity index (χ4n) is 5.64. The van der Waals surface area contributed by atoms with Gasteiger partial charge in [-0.05, 0) is 54.4 Å². The first-order chi connectivity index (χ1) is 17.0. The van der Waals surface area contributed by atoms with Gasteiger partial charge in [0.25, 0.3) is 0 Å². The maximum Gasteiger partial charge on any atom is 0.407 e. The number of rotatable bonds is 6. The van der Waals surface area contributed by atoms with E-state index >= 15 is 0 Å². The van der Waals surface area contributed by atoms with Gasteiger partial charge in [-0.15, -0.1) is 0 Å². The summed E-state index contributed by atoms with van der Waals surface area (Å²) in [6.45, 7) is 0.250. The Morgan fingerprint density at radius 3 is 2.29 bits per heavy atom. The average molecular weight is 475 g/mol. The van der Waals surface area contributed by atoms with Crippen molar-refractivity contribution in [2.24, 2.45) is 5.92 Å². The van der Waals surface area contributed by atoms with E-state index in [1.54, 1.807) is 0 Å². The minimum Gasteiger partial charge on any atom is -0.481 e. The minimum atomic E-state index is -0.795. The summed E-state index contributed by atoms with van der Waals surface area (Å²) in [6.07, 6.45) is 5.09. The number of carboxylic acids is 1. The lowest BCUT2D eigenvalue weighted by molar-refractivity contribution is -0.143. The lowest BCUT2D eigenvalue weighted by Gasteiger charge is -2.27. The Morgan fingerprint density at radius 1 is 0.914 bits per heavy atom. The van der Waals surface area contributed by atoms with Crippen LogP contribution in [0.25, 0.3) is 11.1 Å². The Balaban J connectivity index is 1.11. The van der Waals surface area contributed by atoms with Gasteiger partial charge in [-0.2, -0.15) is 0 Å². The van der Waals surface area contributed by atoms with E-state index < -0.39 is 18.0 Å². The van der Waals surface area contributed by atoms with Crippen LogP contribution in [-0.2, 0) is 14.3 Å². The number of carbonyl (C=O) groups is 3. The number of hydrogen-bond acceptors (Lipinski definition) is 4. The van der Waals surface area contributed by atoms with E-state index in [4.69, 9.17) is 4.74 Å². The quantitative estimate of drug-likeness (QED) is 0.577. The Kier molecular flexibility index (Phi) is 6.57. The Labute approximate surface area is 204 Å². The zero-order chi connectivity index (χ0) is 24.4. The molecular formula is C28H30N2O5. The molecule has 1 unspecified atom stereocenters. The summed E-state index contributed by atoms with van der Waals surface area (Å²) >= 11 is 0. The number of fused-ring (bicyclic) bond motifs is 3. The number of nitrogens with one attached hydrogen (secondary N) is 2. The predicted octanol–water partition coefficient (Wildman–Crippen LogP) is 4.37. The van der Waals surface area contributed by atoms with Gasteiger partial charge >= 0.3 is 12.1 Å². The van der Waals surface area contributed by atoms with Crippen LogP contribution in [0.15, 0.2) is 60.2 Å². The molecule has 182 valence electrons. The molecule has 0 heterocycles. The third-order valence-corrected chi connectivity index (χ3v) is 7.43. The molecule has 3 aliphatic rings. The standard InChI is InChI=1S/C28H30N2O5/c31-26(29-19-7-5-6-18(15-19)27(32)33)17-12-13-20(14-17)30-28(34)35-16-25-23-10-3-1-8-21(23)22-9-2-4-11-24(22)25/h1-4,8-12,18-20,25H,5-7,13-16H2,(H,29,31)(H,30,34)(H,32,33)/t18-,19+,20?/m1/s1. The highest BCUT2D eigenvalue weighted by Crippen LogP contribution is 2.44. The maximum absolute atomic E-state index is 12.7. The van der Waals surface area contributed by atoms with Gasteiger partial charge in [-0.25, -0.2) is 4.79 Å². The molecule has 2 amide bonds. The molecule has 1 saturated carbocycles. The van der Waals surface area contributed by atoms with Crippen LogP contribution in [0, 0.1) is 5.92 Å². The molecule has 3 aliphatic carbocycles. The van der Waals surface area contributed by atoms with Gasteiger partial charge in [-0.3, -0.25) is 9.59 Å². The molecule has 0 radical (unpaired) electrons. The molecular weight excluding hydrogens is 444 g/mol. The van der Waals surface area contributed by atoms with Crippen molar-refractivity contribution in [1.82, 2.24) is 10.6 Å². The van der Waals surface area contributed by atoms with Gasteiger partial charge in [0.05, 0.1) is 5.92 Å². The van der Waals surface area contributed by atoms with Crippen LogP contribution in [-0.4, -0.2) is 41.8 Å². The first kappa shape index (κ1) is 23.1. The molecule has 2 aromatic carbocycles. The van der Waals surface area contributed by atoms with Crippen molar-refractivity contribution in [1.29, 1.82) is 0 Å². The van der Waals surface area contributed by atoms with Crippen molar-refractivity contribution in [3.63, 3.8) is 0 Å². The topological polar surface area (TPSA) is 105 Å². The molecule has 7 heteroatoms. The van der Waals surface area contributed by atoms with Crippen LogP contribution in [0.3, 0.4) is 0 Å². The van der Waals surface area contributed by atoms with Gasteiger partial charge < -0.3 is 20.5 Å². The zero-order valence-electron chi connectivity index (χ0n) is 19.5. The summed E-state index contributed by atoms with van der Waals surface area (Å²) < 4.78 is 5.62. The summed E-state index contributed by atoms with van der Waals surface area (Å²) in [6, 6.07) is 16.1. The molecule has 3 N–H and O–H groups in total. The molecule has 7 nitrogen and oxygen atoms in total. The van der Waals surface area contributed by atoms with Crippen molar-refractivity contribution in [3.8, 4) is 11.1 Å². The minimum absolute atomic E-state index is 0.00122. The molecule has 2 aromatic rings. The van der Waals surface area contributed by atoms with Gasteiger partial charge in [0, 0.05) is 23.6 Å². The van der Waals surface area contributed by atoms with Crippen molar-refractivity contribution < 1.29 is 24.2 Å². The predicted molar refractivity (Wildman–Crippen MR) is 131 cm³/mol. The van der Waals surface area contributed by atoms with Crippen LogP contribution in [0.2, 0.25) is 0 Å². The maximum atomic E-state index is 12.7. The van der Waals surface area contributed by atoms with Gasteiger partial charge in [-0.1, -0.05) is 61.0 Å². The molecule has 3 atom stereocenters. The van der Waals surface area contributed by atoms with E-state index in [0.29, 0.717) is 31.3 Å². The number of ether oxygens (including phenoxy) is 1. The summed E-state index contributed by atoms with van der Waals surface area (Å²) in [5.41, 5.74) is 5.32. The van der Waals surface area contributed by atoms with Crippen molar-refractivity contribution in [2.75, 3.05) is 6.61 Å². The number of benzene rings is 2. The van der Waals surface area contributed by atoms with Crippen molar-refractivity contribution >= 4 is 18.0 Å². The van der Waals surface area contributed by atoms with E-state index in [-0.39, 0.29) is 30.5 Å². The molecule has 0 aromatic heterocycles. The first-order valence-electron chi connectivity index (χ1n) is 12.3. The van der Waals surface area contributed by atoms with E-state index in [2.05, 4.69) is 34.9 Å². The highest BCUT2D eigenvalue weighted by Gasteiger charge is 2.31. The Morgan fingerprint density at radius 2 is 1.60 bits per heavy atom. The van der Waals surface area contributed by atoms with E-state index in [9.17, 15) is 19.5 Å². The fraction of sp³-hybridized carbons (Fsp3) is 0.393. The van der Waals surface area contributed by atoms with E-state index in [1.165, 1.54) is 11.1 Å². The van der Waals surface area contributed by atoms with Gasteiger partial charge in [0.2, 0.25) is 5.91 Å². The van der Waals surface area contributed by atoms with Crippen molar-refractivity contribution in [3.05, 3.63) is 71.3 Å². The number of amides is 2. The lowest BCUT2D eigenvalue weighted by atomic mass is 9.85. The van der Waals surface area contributed by atoms with Crippen molar-refractivity contribution in [2.45, 2.75) is 56.5 Å². The van der Waals surface area contributed by atoms with E-state index in [0.717, 1.165) is 24.0 Å². The molecule has 35 heavy (non-hydrogen) atoms. The summed E-state index contributed by atoms with van der Waals surface area (Å²) in [5, 5.41) is 15.1. The summed E-state index contributed by atoms with van der Waals surface area (Å²) in [7, 11) is 0. The largest absolute Gasteiger partial charge is 0.481 e. The summed E-state index contributed by atoms with van der Waals surface area (Å²) in [4.78, 5) is 36.5. The first-order valence-corrected chi connectivity index (χ1v) is 12.3. The highest BCUT2D eigenvalue weighted by atomic mass is 16.5. The van der Waals surface area contributed by atoms with Crippen LogP contribution >= 0.6 is 0 Å². The average Bonchev–Trinajstić information content (AvgIpc) is 3.46. The normalized spacial score (nSPS) is 23.1. The smallest absolute Gasteiger partial charge is 0.407 e. The second-order valence-corrected chi connectivity index (χ2v) is 9.71. The molecule has 0 aliphatic heterocycles. The second-order valence-electron chi connectivity index (χ2n) is 9.71. The molecule has 0 bridgehead atoms. The van der Waals surface area contributed by atoms with E-state index in [1.807, 2.05) is 30.3 Å². The molecule has 5 rings (SSSR count). The van der Waals surface area contributed by atoms with Crippen LogP contribution in [0.4, 0.5) is 4.79 Å². The van der Waals surface area contributed by atoms with Crippen LogP contribution < -0.4 is 10.6 Å².